The number of hydrogen-bond acceptors (Lipinski definition) is 3. The maximum absolute atomic E-state index is 14.0. The van der Waals surface area contributed by atoms with Gasteiger partial charge in [-0.05, 0) is 19.1 Å². The van der Waals surface area contributed by atoms with Crippen molar-refractivity contribution in [1.82, 2.24) is 5.43 Å². The number of carbonyl (C=O) groups is 1. The van der Waals surface area contributed by atoms with Gasteiger partial charge in [-0.15, -0.1) is 0 Å². The maximum atomic E-state index is 14.0. The van der Waals surface area contributed by atoms with Gasteiger partial charge in [0.1, 0.15) is 5.75 Å². The summed E-state index contributed by atoms with van der Waals surface area (Å²) in [5.74, 6) is -32.4. The van der Waals surface area contributed by atoms with Crippen molar-refractivity contribution in [2.45, 2.75) is 61.1 Å². The van der Waals surface area contributed by atoms with Crippen molar-refractivity contribution in [3.63, 3.8) is 0 Å². The number of ether oxygens (including phenoxy) is 1. The lowest BCUT2D eigenvalue weighted by atomic mass is 9.86. The summed E-state index contributed by atoms with van der Waals surface area (Å²) in [6, 6.07) is 3.18. The first kappa shape index (κ1) is 30.5. The molecule has 2 rings (SSSR count). The van der Waals surface area contributed by atoms with Gasteiger partial charge in [-0.2, -0.15) is 61.5 Å². The molecule has 37 heavy (non-hydrogen) atoms. The monoisotopic (exact) mass is 574 g/mol. The normalized spacial score (nSPS) is 18.8. The number of anilines is 1. The molecule has 0 aliphatic carbocycles. The number of alkyl halides is 15. The summed E-state index contributed by atoms with van der Waals surface area (Å²) in [7, 11) is 0. The van der Waals surface area contributed by atoms with Crippen LogP contribution in [0, 0.1) is 0 Å². The highest BCUT2D eigenvalue weighted by Crippen LogP contribution is 2.63. The number of carbonyl (C=O) groups excluding carboxylic acids is 1. The summed E-state index contributed by atoms with van der Waals surface area (Å²) in [6.45, 7) is -1.48. The molecular formula is C18H13F15N2O2. The highest BCUT2D eigenvalue weighted by molar-refractivity contribution is 5.82. The first-order valence-electron chi connectivity index (χ1n) is 9.50. The number of amides is 1. The molecule has 0 aromatic heterocycles. The largest absolute Gasteiger partial charge is 0.487 e. The Labute approximate surface area is 196 Å². The predicted octanol–water partition coefficient (Wildman–Crippen LogP) is 6.07. The van der Waals surface area contributed by atoms with Crippen LogP contribution < -0.4 is 15.2 Å². The number of hydrogen-bond donors (Lipinski definition) is 1. The van der Waals surface area contributed by atoms with E-state index in [-0.39, 0.29) is 12.1 Å². The molecular weight excluding hydrogens is 561 g/mol. The van der Waals surface area contributed by atoms with Crippen molar-refractivity contribution in [2.75, 3.05) is 11.6 Å². The zero-order valence-corrected chi connectivity index (χ0v) is 17.7. The highest BCUT2D eigenvalue weighted by Gasteiger charge is 2.95. The van der Waals surface area contributed by atoms with E-state index < -0.39 is 66.0 Å². The zero-order chi connectivity index (χ0) is 29.0. The van der Waals surface area contributed by atoms with Crippen molar-refractivity contribution in [3.05, 3.63) is 24.3 Å². The number of benzene rings is 1. The van der Waals surface area contributed by atoms with Crippen molar-refractivity contribution in [3.8, 4) is 5.75 Å². The minimum Gasteiger partial charge on any atom is -0.487 e. The molecule has 1 aromatic rings. The van der Waals surface area contributed by atoms with Crippen LogP contribution in [0.4, 0.5) is 71.5 Å². The van der Waals surface area contributed by atoms with E-state index in [0.29, 0.717) is 0 Å². The lowest BCUT2D eigenvalue weighted by Gasteiger charge is -2.43. The van der Waals surface area contributed by atoms with Gasteiger partial charge >= 0.3 is 41.7 Å². The second kappa shape index (κ2) is 8.92. The smallest absolute Gasteiger partial charge is 0.438 e. The van der Waals surface area contributed by atoms with Crippen LogP contribution in [-0.2, 0) is 4.79 Å². The lowest BCUT2D eigenvalue weighted by Crippen LogP contribution is -2.75. The van der Waals surface area contributed by atoms with Crippen LogP contribution in [-0.4, -0.2) is 60.3 Å². The van der Waals surface area contributed by atoms with Crippen LogP contribution in [0.3, 0.4) is 0 Å². The van der Waals surface area contributed by atoms with Crippen LogP contribution in [0.5, 0.6) is 5.75 Å². The molecule has 1 aliphatic heterocycles. The maximum Gasteiger partial charge on any atom is 0.438 e. The average Bonchev–Trinajstić information content (AvgIpc) is 3.07. The van der Waals surface area contributed by atoms with Gasteiger partial charge < -0.3 is 4.74 Å². The molecule has 19 heteroatoms. The molecule has 1 N–H and O–H groups in total. The van der Waals surface area contributed by atoms with E-state index in [2.05, 4.69) is 10.2 Å². The minimum atomic E-state index is -8.48. The molecule has 1 heterocycles. The summed E-state index contributed by atoms with van der Waals surface area (Å²) in [6.07, 6.45) is -16.0. The molecule has 212 valence electrons. The van der Waals surface area contributed by atoms with Gasteiger partial charge in [0.05, 0.1) is 18.2 Å². The third-order valence-electron chi connectivity index (χ3n) is 5.14. The second-order valence-electron chi connectivity index (χ2n) is 7.83. The molecule has 1 fully saturated rings. The van der Waals surface area contributed by atoms with Gasteiger partial charge in [0.25, 0.3) is 0 Å². The molecule has 0 spiro atoms. The molecule has 1 aliphatic rings. The first-order valence-corrected chi connectivity index (χ1v) is 9.50. The summed E-state index contributed by atoms with van der Waals surface area (Å²) < 4.78 is 203. The zero-order valence-electron chi connectivity index (χ0n) is 17.7. The Bertz CT molecular complexity index is 992. The van der Waals surface area contributed by atoms with E-state index in [0.717, 1.165) is 23.2 Å². The quantitative estimate of drug-likeness (QED) is 0.384. The fourth-order valence-electron chi connectivity index (χ4n) is 3.12. The van der Waals surface area contributed by atoms with Gasteiger partial charge in [-0.25, -0.2) is 4.39 Å². The van der Waals surface area contributed by atoms with Crippen molar-refractivity contribution in [2.24, 2.45) is 0 Å². The summed E-state index contributed by atoms with van der Waals surface area (Å²) >= 11 is 0. The SMILES string of the molecule is CC1CC(=O)NN1c1cccc(OCC(F)(F)C(F)(F)C(F)(F)C(F)(F)C(F)(C(F)(F)F)C(F)(F)F)c1. The number of halogens is 15. The average molecular weight is 574 g/mol. The van der Waals surface area contributed by atoms with E-state index in [1.54, 1.807) is 0 Å². The van der Waals surface area contributed by atoms with E-state index in [1.165, 1.54) is 13.0 Å². The Morgan fingerprint density at radius 1 is 0.838 bits per heavy atom. The molecule has 0 saturated carbocycles. The Balaban J connectivity index is 2.38. The molecule has 0 radical (unpaired) electrons. The molecule has 4 nitrogen and oxygen atoms in total. The molecule has 1 saturated heterocycles. The van der Waals surface area contributed by atoms with Crippen LogP contribution in [0.1, 0.15) is 13.3 Å². The van der Waals surface area contributed by atoms with E-state index in [1.807, 2.05) is 0 Å². The standard InChI is InChI=1S/C18H13F15N2O2/c1-8-5-11(36)34-35(8)9-3-2-4-10(6-9)37-7-12(19,20)14(22,23)16(26,27)15(24,25)13(21,17(28,29)30)18(31,32)33/h2-4,6,8H,5,7H2,1H3,(H,34,36). The van der Waals surface area contributed by atoms with Crippen molar-refractivity contribution in [1.29, 1.82) is 0 Å². The molecule has 1 amide bonds. The molecule has 1 aromatic carbocycles. The predicted molar refractivity (Wildman–Crippen MR) is 92.4 cm³/mol. The Kier molecular flexibility index (Phi) is 7.34. The number of nitrogens with zero attached hydrogens (tertiary/aromatic N) is 1. The van der Waals surface area contributed by atoms with Gasteiger partial charge in [0.15, 0.2) is 6.61 Å². The van der Waals surface area contributed by atoms with E-state index in [4.69, 9.17) is 0 Å². The Hall–Kier alpha value is -2.76. The van der Waals surface area contributed by atoms with Crippen LogP contribution >= 0.6 is 0 Å². The van der Waals surface area contributed by atoms with Crippen molar-refractivity contribution >= 4 is 11.6 Å². The summed E-state index contributed by atoms with van der Waals surface area (Å²) in [5, 5.41) is 1.13. The van der Waals surface area contributed by atoms with Crippen LogP contribution in [0.15, 0.2) is 24.3 Å². The summed E-state index contributed by atoms with van der Waals surface area (Å²) in [4.78, 5) is 11.4. The van der Waals surface area contributed by atoms with Gasteiger partial charge in [-0.3, -0.25) is 15.2 Å². The van der Waals surface area contributed by atoms with Crippen molar-refractivity contribution < 1.29 is 75.4 Å². The lowest BCUT2D eigenvalue weighted by molar-refractivity contribution is -0.457. The molecule has 0 bridgehead atoms. The highest BCUT2D eigenvalue weighted by atomic mass is 19.4. The van der Waals surface area contributed by atoms with Gasteiger partial charge in [0, 0.05) is 6.07 Å². The fraction of sp³-hybridized carbons (Fsp3) is 0.611. The second-order valence-corrected chi connectivity index (χ2v) is 7.83. The molecule has 1 atom stereocenters. The third kappa shape index (κ3) is 4.68. The van der Waals surface area contributed by atoms with Crippen LogP contribution in [0.25, 0.3) is 0 Å². The van der Waals surface area contributed by atoms with E-state index >= 15 is 0 Å². The van der Waals surface area contributed by atoms with E-state index in [9.17, 15) is 70.7 Å². The minimum absolute atomic E-state index is 0.0413. The topological polar surface area (TPSA) is 41.6 Å². The van der Waals surface area contributed by atoms with Gasteiger partial charge in [0.2, 0.25) is 5.91 Å². The third-order valence-corrected chi connectivity index (χ3v) is 5.14. The first-order chi connectivity index (χ1) is 16.3. The Morgan fingerprint density at radius 3 is 1.78 bits per heavy atom. The van der Waals surface area contributed by atoms with Gasteiger partial charge in [-0.1, -0.05) is 6.07 Å². The summed E-state index contributed by atoms with van der Waals surface area (Å²) in [5.41, 5.74) is -6.10. The number of rotatable bonds is 8. The number of hydrazine groups is 1. The number of nitrogens with one attached hydrogen (secondary N) is 1. The Morgan fingerprint density at radius 2 is 1.35 bits per heavy atom. The van der Waals surface area contributed by atoms with Crippen LogP contribution in [0.2, 0.25) is 0 Å². The molecule has 1 unspecified atom stereocenters. The fourth-order valence-corrected chi connectivity index (χ4v) is 3.12.